The Morgan fingerprint density at radius 1 is 0.938 bits per heavy atom. The Hall–Kier alpha value is -3.01. The summed E-state index contributed by atoms with van der Waals surface area (Å²) >= 11 is 0. The van der Waals surface area contributed by atoms with Crippen molar-refractivity contribution in [1.29, 1.82) is 0 Å². The number of anilines is 3. The van der Waals surface area contributed by atoms with E-state index in [4.69, 9.17) is 0 Å². The fraction of sp³-hybridized carbons (Fsp3) is 0.304. The minimum atomic E-state index is -3.30. The molecule has 2 heterocycles. The molecule has 1 fully saturated rings. The molecule has 1 aliphatic heterocycles. The molecule has 0 unspecified atom stereocenters. The van der Waals surface area contributed by atoms with E-state index in [2.05, 4.69) is 61.1 Å². The van der Waals surface area contributed by atoms with Crippen LogP contribution in [0.4, 0.5) is 17.2 Å². The molecule has 1 aromatic heterocycles. The van der Waals surface area contributed by atoms with Crippen molar-refractivity contribution >= 4 is 27.2 Å². The van der Waals surface area contributed by atoms with Crippen molar-refractivity contribution in [2.75, 3.05) is 49.5 Å². The number of hydrogen-bond acceptors (Lipinski definition) is 7. The lowest BCUT2D eigenvalue weighted by molar-refractivity contribution is 0.148. The molecule has 0 saturated carbocycles. The number of sulfonamides is 1. The van der Waals surface area contributed by atoms with Gasteiger partial charge in [0.05, 0.1) is 11.9 Å². The normalized spacial score (nSPS) is 15.4. The Balaban J connectivity index is 1.45. The van der Waals surface area contributed by atoms with Gasteiger partial charge in [-0.2, -0.15) is 0 Å². The Labute approximate surface area is 189 Å². The van der Waals surface area contributed by atoms with E-state index in [0.717, 1.165) is 55.9 Å². The van der Waals surface area contributed by atoms with E-state index in [1.807, 2.05) is 6.07 Å². The third-order valence-corrected chi connectivity index (χ3v) is 5.96. The van der Waals surface area contributed by atoms with Crippen molar-refractivity contribution in [3.63, 3.8) is 0 Å². The number of aromatic nitrogens is 2. The van der Waals surface area contributed by atoms with Gasteiger partial charge in [0, 0.05) is 55.7 Å². The summed E-state index contributed by atoms with van der Waals surface area (Å²) < 4.78 is 25.2. The van der Waals surface area contributed by atoms with Crippen LogP contribution in [0.3, 0.4) is 0 Å². The highest BCUT2D eigenvalue weighted by Crippen LogP contribution is 2.23. The van der Waals surface area contributed by atoms with Crippen LogP contribution < -0.4 is 10.0 Å². The molecule has 9 heteroatoms. The molecule has 4 rings (SSSR count). The van der Waals surface area contributed by atoms with E-state index in [9.17, 15) is 8.42 Å². The van der Waals surface area contributed by atoms with E-state index in [-0.39, 0.29) is 0 Å². The highest BCUT2D eigenvalue weighted by Gasteiger charge is 2.14. The van der Waals surface area contributed by atoms with Crippen LogP contribution in [0.1, 0.15) is 5.56 Å². The Bertz CT molecular complexity index is 1160. The van der Waals surface area contributed by atoms with Gasteiger partial charge in [0.15, 0.2) is 0 Å². The smallest absolute Gasteiger partial charge is 0.229 e. The van der Waals surface area contributed by atoms with Gasteiger partial charge in [0.25, 0.3) is 0 Å². The summed E-state index contributed by atoms with van der Waals surface area (Å²) in [6.07, 6.45) is 2.67. The fourth-order valence-electron chi connectivity index (χ4n) is 3.66. The largest absolute Gasteiger partial charge is 0.340 e. The zero-order valence-electron chi connectivity index (χ0n) is 18.3. The van der Waals surface area contributed by atoms with Gasteiger partial charge in [-0.1, -0.05) is 18.2 Å². The molecule has 2 aromatic carbocycles. The van der Waals surface area contributed by atoms with Gasteiger partial charge in [-0.25, -0.2) is 18.4 Å². The van der Waals surface area contributed by atoms with Gasteiger partial charge in [-0.3, -0.25) is 9.62 Å². The molecule has 0 radical (unpaired) electrons. The summed E-state index contributed by atoms with van der Waals surface area (Å²) in [5.74, 6) is 0.670. The van der Waals surface area contributed by atoms with Crippen LogP contribution in [0.5, 0.6) is 0 Å². The lowest BCUT2D eigenvalue weighted by atomic mass is 10.1. The summed E-state index contributed by atoms with van der Waals surface area (Å²) in [4.78, 5) is 13.6. The molecule has 0 spiro atoms. The van der Waals surface area contributed by atoms with Crippen LogP contribution in [0.15, 0.2) is 60.9 Å². The number of nitrogens with zero attached hydrogens (tertiary/aromatic N) is 4. The van der Waals surface area contributed by atoms with Crippen molar-refractivity contribution in [2.45, 2.75) is 6.54 Å². The lowest BCUT2D eigenvalue weighted by Gasteiger charge is -2.32. The van der Waals surface area contributed by atoms with Gasteiger partial charge >= 0.3 is 0 Å². The molecule has 1 saturated heterocycles. The quantitative estimate of drug-likeness (QED) is 0.569. The summed E-state index contributed by atoms with van der Waals surface area (Å²) in [7, 11) is -1.13. The van der Waals surface area contributed by atoms with E-state index in [0.29, 0.717) is 11.5 Å². The number of benzene rings is 2. The molecule has 8 nitrogen and oxygen atoms in total. The first kappa shape index (κ1) is 22.2. The number of likely N-dealkylation sites (N-methyl/N-ethyl adjacent to an activating group) is 1. The molecule has 0 aliphatic carbocycles. The van der Waals surface area contributed by atoms with Gasteiger partial charge in [0.2, 0.25) is 10.0 Å². The molecule has 1 aliphatic rings. The number of piperazine rings is 1. The fourth-order valence-corrected chi connectivity index (χ4v) is 4.22. The van der Waals surface area contributed by atoms with Crippen molar-refractivity contribution < 1.29 is 8.42 Å². The molecule has 2 N–H and O–H groups in total. The van der Waals surface area contributed by atoms with Gasteiger partial charge in [-0.05, 0) is 42.9 Å². The summed E-state index contributed by atoms with van der Waals surface area (Å²) in [6, 6.07) is 17.4. The van der Waals surface area contributed by atoms with E-state index >= 15 is 0 Å². The maximum absolute atomic E-state index is 11.3. The number of rotatable bonds is 7. The second kappa shape index (κ2) is 9.64. The van der Waals surface area contributed by atoms with Gasteiger partial charge in [-0.15, -0.1) is 0 Å². The van der Waals surface area contributed by atoms with Crippen LogP contribution in [-0.2, 0) is 16.6 Å². The maximum atomic E-state index is 11.3. The Morgan fingerprint density at radius 3 is 2.38 bits per heavy atom. The minimum absolute atomic E-state index is 0.513. The van der Waals surface area contributed by atoms with Crippen molar-refractivity contribution in [1.82, 2.24) is 19.8 Å². The maximum Gasteiger partial charge on any atom is 0.229 e. The van der Waals surface area contributed by atoms with Gasteiger partial charge < -0.3 is 10.2 Å². The van der Waals surface area contributed by atoms with Crippen LogP contribution in [0, 0.1) is 0 Å². The van der Waals surface area contributed by atoms with Crippen molar-refractivity contribution in [3.8, 4) is 11.3 Å². The minimum Gasteiger partial charge on any atom is -0.340 e. The molecule has 0 bridgehead atoms. The van der Waals surface area contributed by atoms with Crippen LogP contribution >= 0.6 is 0 Å². The first-order valence-electron chi connectivity index (χ1n) is 10.5. The first-order valence-corrected chi connectivity index (χ1v) is 12.4. The Kier molecular flexibility index (Phi) is 6.69. The standard InChI is InChI=1S/C23H28N6O2S/c1-28-10-12-29(13-11-28)16-18-4-3-5-19(14-18)22-15-23(25-17-24-22)26-20-6-8-21(9-7-20)27-32(2,30)31/h3-9,14-15,17,27H,10-13,16H2,1-2H3,(H,24,25,26). The molecule has 168 valence electrons. The molecule has 3 aromatic rings. The topological polar surface area (TPSA) is 90.5 Å². The monoisotopic (exact) mass is 452 g/mol. The third-order valence-electron chi connectivity index (χ3n) is 5.35. The summed E-state index contributed by atoms with van der Waals surface area (Å²) in [6.45, 7) is 5.31. The van der Waals surface area contributed by atoms with Crippen molar-refractivity contribution in [2.24, 2.45) is 0 Å². The van der Waals surface area contributed by atoms with Crippen LogP contribution in [0.25, 0.3) is 11.3 Å². The average Bonchev–Trinajstić information content (AvgIpc) is 2.76. The van der Waals surface area contributed by atoms with Gasteiger partial charge in [0.1, 0.15) is 12.1 Å². The predicted octanol–water partition coefficient (Wildman–Crippen LogP) is 3.01. The molecular weight excluding hydrogens is 424 g/mol. The molecule has 0 amide bonds. The summed E-state index contributed by atoms with van der Waals surface area (Å²) in [5, 5.41) is 3.25. The van der Waals surface area contributed by atoms with Crippen molar-refractivity contribution in [3.05, 3.63) is 66.5 Å². The van der Waals surface area contributed by atoms with E-state index in [1.54, 1.807) is 30.6 Å². The average molecular weight is 453 g/mol. The SMILES string of the molecule is CN1CCN(Cc2cccc(-c3cc(Nc4ccc(NS(C)(=O)=O)cc4)ncn3)c2)CC1. The lowest BCUT2D eigenvalue weighted by Crippen LogP contribution is -2.43. The molecule has 32 heavy (non-hydrogen) atoms. The van der Waals surface area contributed by atoms with Crippen LogP contribution in [0.2, 0.25) is 0 Å². The predicted molar refractivity (Wildman–Crippen MR) is 128 cm³/mol. The van der Waals surface area contributed by atoms with E-state index in [1.165, 1.54) is 5.56 Å². The third kappa shape index (κ3) is 6.25. The van der Waals surface area contributed by atoms with Crippen LogP contribution in [-0.4, -0.2) is 67.7 Å². The van der Waals surface area contributed by atoms with E-state index < -0.39 is 10.0 Å². The highest BCUT2D eigenvalue weighted by molar-refractivity contribution is 7.92. The zero-order chi connectivity index (χ0) is 22.6. The highest BCUT2D eigenvalue weighted by atomic mass is 32.2. The molecule has 0 atom stereocenters. The zero-order valence-corrected chi connectivity index (χ0v) is 19.1. The Morgan fingerprint density at radius 2 is 1.66 bits per heavy atom. The summed E-state index contributed by atoms with van der Waals surface area (Å²) in [5.41, 5.74) is 4.48. The second-order valence-corrected chi connectivity index (χ2v) is 9.89. The number of nitrogens with one attached hydrogen (secondary N) is 2. The first-order chi connectivity index (χ1) is 15.3. The molecular formula is C23H28N6O2S. The second-order valence-electron chi connectivity index (χ2n) is 8.14. The number of hydrogen-bond donors (Lipinski definition) is 2.